The van der Waals surface area contributed by atoms with Crippen LogP contribution in [0.3, 0.4) is 0 Å². The molecule has 16 heavy (non-hydrogen) atoms. The standard InChI is InChI=1S/C12H19NO3/c1-8(10-2-3-10)12(16)13-5-4-9(7-13)6-11(14)15/h8-10H,2-7H2,1H3,(H,14,15). The Kier molecular flexibility index (Phi) is 3.17. The van der Waals surface area contributed by atoms with Crippen LogP contribution in [-0.2, 0) is 9.59 Å². The van der Waals surface area contributed by atoms with Gasteiger partial charge in [-0.05, 0) is 31.1 Å². The van der Waals surface area contributed by atoms with Crippen LogP contribution in [0, 0.1) is 17.8 Å². The Morgan fingerprint density at radius 2 is 2.06 bits per heavy atom. The van der Waals surface area contributed by atoms with E-state index in [2.05, 4.69) is 0 Å². The lowest BCUT2D eigenvalue weighted by Gasteiger charge is -2.20. The van der Waals surface area contributed by atoms with Crippen molar-refractivity contribution in [1.29, 1.82) is 0 Å². The first-order chi connectivity index (χ1) is 7.58. The lowest BCUT2D eigenvalue weighted by molar-refractivity contribution is -0.139. The molecule has 0 aromatic rings. The van der Waals surface area contributed by atoms with E-state index in [9.17, 15) is 9.59 Å². The van der Waals surface area contributed by atoms with Crippen LogP contribution in [0.2, 0.25) is 0 Å². The van der Waals surface area contributed by atoms with Gasteiger partial charge in [-0.2, -0.15) is 0 Å². The second kappa shape index (κ2) is 4.44. The van der Waals surface area contributed by atoms with Crippen molar-refractivity contribution in [3.8, 4) is 0 Å². The summed E-state index contributed by atoms with van der Waals surface area (Å²) in [6, 6.07) is 0. The number of likely N-dealkylation sites (tertiary alicyclic amines) is 1. The molecule has 1 aliphatic heterocycles. The number of rotatable bonds is 4. The van der Waals surface area contributed by atoms with Gasteiger partial charge in [0.15, 0.2) is 0 Å². The van der Waals surface area contributed by atoms with Gasteiger partial charge in [0.2, 0.25) is 5.91 Å². The van der Waals surface area contributed by atoms with Crippen LogP contribution in [0.25, 0.3) is 0 Å². The molecule has 2 rings (SSSR count). The molecule has 1 amide bonds. The van der Waals surface area contributed by atoms with Crippen molar-refractivity contribution in [2.75, 3.05) is 13.1 Å². The summed E-state index contributed by atoms with van der Waals surface area (Å²) in [4.78, 5) is 24.5. The molecule has 2 fully saturated rings. The maximum atomic E-state index is 12.0. The Labute approximate surface area is 95.6 Å². The molecule has 0 spiro atoms. The number of carbonyl (C=O) groups excluding carboxylic acids is 1. The van der Waals surface area contributed by atoms with Crippen molar-refractivity contribution >= 4 is 11.9 Å². The SMILES string of the molecule is CC(C(=O)N1CCC(CC(=O)O)C1)C1CC1. The van der Waals surface area contributed by atoms with Gasteiger partial charge < -0.3 is 10.0 Å². The zero-order valence-corrected chi connectivity index (χ0v) is 9.69. The van der Waals surface area contributed by atoms with E-state index in [1.54, 1.807) is 0 Å². The molecule has 4 heteroatoms. The van der Waals surface area contributed by atoms with Crippen molar-refractivity contribution in [3.63, 3.8) is 0 Å². The molecule has 0 radical (unpaired) electrons. The van der Waals surface area contributed by atoms with Crippen molar-refractivity contribution in [1.82, 2.24) is 4.90 Å². The highest BCUT2D eigenvalue weighted by Gasteiger charge is 2.37. The van der Waals surface area contributed by atoms with Gasteiger partial charge in [-0.25, -0.2) is 0 Å². The average molecular weight is 225 g/mol. The number of aliphatic carboxylic acids is 1. The highest BCUT2D eigenvalue weighted by Crippen LogP contribution is 2.38. The van der Waals surface area contributed by atoms with Crippen LogP contribution in [0.4, 0.5) is 0 Å². The monoisotopic (exact) mass is 225 g/mol. The van der Waals surface area contributed by atoms with Crippen molar-refractivity contribution in [3.05, 3.63) is 0 Å². The lowest BCUT2D eigenvalue weighted by Crippen LogP contribution is -2.34. The number of amides is 1. The molecule has 2 unspecified atom stereocenters. The van der Waals surface area contributed by atoms with Gasteiger partial charge in [-0.3, -0.25) is 9.59 Å². The van der Waals surface area contributed by atoms with Gasteiger partial charge in [-0.1, -0.05) is 6.92 Å². The minimum Gasteiger partial charge on any atom is -0.481 e. The summed E-state index contributed by atoms with van der Waals surface area (Å²) < 4.78 is 0. The Morgan fingerprint density at radius 3 is 2.62 bits per heavy atom. The molecule has 1 saturated heterocycles. The van der Waals surface area contributed by atoms with Crippen LogP contribution in [0.1, 0.15) is 32.6 Å². The zero-order chi connectivity index (χ0) is 11.7. The lowest BCUT2D eigenvalue weighted by atomic mass is 10.0. The highest BCUT2D eigenvalue weighted by atomic mass is 16.4. The Hall–Kier alpha value is -1.06. The highest BCUT2D eigenvalue weighted by molar-refractivity contribution is 5.79. The summed E-state index contributed by atoms with van der Waals surface area (Å²) >= 11 is 0. The first kappa shape index (κ1) is 11.4. The Morgan fingerprint density at radius 1 is 1.38 bits per heavy atom. The summed E-state index contributed by atoms with van der Waals surface area (Å²) in [5.41, 5.74) is 0. The van der Waals surface area contributed by atoms with Gasteiger partial charge in [0.25, 0.3) is 0 Å². The number of carbonyl (C=O) groups is 2. The quantitative estimate of drug-likeness (QED) is 0.785. The van der Waals surface area contributed by atoms with Crippen LogP contribution < -0.4 is 0 Å². The summed E-state index contributed by atoms with van der Waals surface area (Å²) in [5, 5.41) is 8.70. The normalized spacial score (nSPS) is 26.8. The van der Waals surface area contributed by atoms with E-state index < -0.39 is 5.97 Å². The summed E-state index contributed by atoms with van der Waals surface area (Å²) in [6.45, 7) is 3.39. The molecule has 90 valence electrons. The molecule has 1 heterocycles. The summed E-state index contributed by atoms with van der Waals surface area (Å²) in [6.07, 6.45) is 3.40. The number of hydrogen-bond acceptors (Lipinski definition) is 2. The van der Waals surface area contributed by atoms with E-state index in [0.29, 0.717) is 12.5 Å². The van der Waals surface area contributed by atoms with Crippen LogP contribution >= 0.6 is 0 Å². The molecule has 1 saturated carbocycles. The van der Waals surface area contributed by atoms with Gasteiger partial charge in [0.1, 0.15) is 0 Å². The Balaban J connectivity index is 1.82. The first-order valence-electron chi connectivity index (χ1n) is 6.08. The van der Waals surface area contributed by atoms with Crippen molar-refractivity contribution in [2.24, 2.45) is 17.8 Å². The number of hydrogen-bond donors (Lipinski definition) is 1. The van der Waals surface area contributed by atoms with E-state index in [1.807, 2.05) is 11.8 Å². The van der Waals surface area contributed by atoms with Gasteiger partial charge >= 0.3 is 5.97 Å². The third kappa shape index (κ3) is 2.54. The second-order valence-corrected chi connectivity index (χ2v) is 5.16. The summed E-state index contributed by atoms with van der Waals surface area (Å²) in [7, 11) is 0. The van der Waals surface area contributed by atoms with E-state index >= 15 is 0 Å². The molecule has 2 atom stereocenters. The average Bonchev–Trinajstić information content (AvgIpc) is 2.97. The maximum Gasteiger partial charge on any atom is 0.303 e. The third-order valence-corrected chi connectivity index (χ3v) is 3.78. The zero-order valence-electron chi connectivity index (χ0n) is 9.69. The van der Waals surface area contributed by atoms with Gasteiger partial charge in [-0.15, -0.1) is 0 Å². The number of nitrogens with zero attached hydrogens (tertiary/aromatic N) is 1. The smallest absolute Gasteiger partial charge is 0.303 e. The van der Waals surface area contributed by atoms with E-state index in [1.165, 1.54) is 12.8 Å². The molecule has 0 aromatic carbocycles. The van der Waals surface area contributed by atoms with Crippen LogP contribution in [0.5, 0.6) is 0 Å². The Bertz CT molecular complexity index is 299. The van der Waals surface area contributed by atoms with Crippen molar-refractivity contribution in [2.45, 2.75) is 32.6 Å². The molecular weight excluding hydrogens is 206 g/mol. The fraction of sp³-hybridized carbons (Fsp3) is 0.833. The molecule has 0 aromatic heterocycles. The topological polar surface area (TPSA) is 57.6 Å². The minimum absolute atomic E-state index is 0.142. The van der Waals surface area contributed by atoms with Gasteiger partial charge in [0, 0.05) is 25.4 Å². The molecule has 1 N–H and O–H groups in total. The van der Waals surface area contributed by atoms with E-state index in [-0.39, 0.29) is 24.2 Å². The molecule has 2 aliphatic rings. The molecular formula is C12H19NO3. The largest absolute Gasteiger partial charge is 0.481 e. The number of carboxylic acids is 1. The molecule has 0 bridgehead atoms. The van der Waals surface area contributed by atoms with Crippen LogP contribution in [0.15, 0.2) is 0 Å². The number of carboxylic acid groups (broad SMARTS) is 1. The predicted octanol–water partition coefficient (Wildman–Crippen LogP) is 1.36. The van der Waals surface area contributed by atoms with Crippen molar-refractivity contribution < 1.29 is 14.7 Å². The maximum absolute atomic E-state index is 12.0. The third-order valence-electron chi connectivity index (χ3n) is 3.78. The molecule has 4 nitrogen and oxygen atoms in total. The fourth-order valence-electron chi connectivity index (χ4n) is 2.53. The van der Waals surface area contributed by atoms with E-state index in [4.69, 9.17) is 5.11 Å². The minimum atomic E-state index is -0.755. The van der Waals surface area contributed by atoms with Crippen LogP contribution in [-0.4, -0.2) is 35.0 Å². The predicted molar refractivity (Wildman–Crippen MR) is 58.8 cm³/mol. The molecule has 1 aliphatic carbocycles. The van der Waals surface area contributed by atoms with E-state index in [0.717, 1.165) is 13.0 Å². The fourth-order valence-corrected chi connectivity index (χ4v) is 2.53. The first-order valence-corrected chi connectivity index (χ1v) is 6.08. The van der Waals surface area contributed by atoms with Gasteiger partial charge in [0.05, 0.1) is 0 Å². The summed E-state index contributed by atoms with van der Waals surface area (Å²) in [5.74, 6) is 0.368. The second-order valence-electron chi connectivity index (χ2n) is 5.16.